The van der Waals surface area contributed by atoms with Crippen LogP contribution in [-0.2, 0) is 11.2 Å². The van der Waals surface area contributed by atoms with Crippen molar-refractivity contribution in [2.45, 2.75) is 31.7 Å². The molecular weight excluding hydrogens is 264 g/mol. The van der Waals surface area contributed by atoms with E-state index in [-0.39, 0.29) is 17.0 Å². The minimum absolute atomic E-state index is 0.106. The Morgan fingerprint density at radius 3 is 2.79 bits per heavy atom. The Morgan fingerprint density at radius 2 is 2.26 bits per heavy atom. The maximum Gasteiger partial charge on any atom is 0.230 e. The highest BCUT2D eigenvalue weighted by molar-refractivity contribution is 8.13. The molecule has 0 bridgehead atoms. The molecule has 1 amide bonds. The number of rotatable bonds is 4. The average molecular weight is 278 g/mol. The van der Waals surface area contributed by atoms with E-state index in [9.17, 15) is 4.79 Å². The number of aromatic nitrogens is 2. The number of carbonyl (C=O) groups excluding carboxylic acids is 1. The molecular formula is C11H14N6OS. The largest absolute Gasteiger partial charge is 0.378 e. The molecule has 4 N–H and O–H groups in total. The molecule has 100 valence electrons. The van der Waals surface area contributed by atoms with Gasteiger partial charge in [-0.15, -0.1) is 0 Å². The van der Waals surface area contributed by atoms with Crippen LogP contribution >= 0.6 is 11.8 Å². The monoisotopic (exact) mass is 278 g/mol. The van der Waals surface area contributed by atoms with Gasteiger partial charge in [0, 0.05) is 24.6 Å². The SMILES string of the molecule is CC(=O)Nc1nc(C)c(CCC#N)c(SC(=N)N)n1. The zero-order valence-electron chi connectivity index (χ0n) is 10.6. The van der Waals surface area contributed by atoms with Gasteiger partial charge in [-0.2, -0.15) is 5.26 Å². The van der Waals surface area contributed by atoms with Crippen LogP contribution < -0.4 is 11.1 Å². The maximum atomic E-state index is 11.0. The summed E-state index contributed by atoms with van der Waals surface area (Å²) >= 11 is 0.980. The second-order valence-corrected chi connectivity index (χ2v) is 4.75. The van der Waals surface area contributed by atoms with Crippen molar-refractivity contribution in [1.29, 1.82) is 10.7 Å². The lowest BCUT2D eigenvalue weighted by Gasteiger charge is -2.11. The highest BCUT2D eigenvalue weighted by Crippen LogP contribution is 2.24. The minimum Gasteiger partial charge on any atom is -0.378 e. The summed E-state index contributed by atoms with van der Waals surface area (Å²) in [6, 6.07) is 2.05. The fraction of sp³-hybridized carbons (Fsp3) is 0.364. The van der Waals surface area contributed by atoms with Crippen molar-refractivity contribution in [3.8, 4) is 6.07 Å². The van der Waals surface area contributed by atoms with Crippen molar-refractivity contribution in [1.82, 2.24) is 9.97 Å². The lowest BCUT2D eigenvalue weighted by Crippen LogP contribution is -2.13. The standard InChI is InChI=1S/C11H14N6OS/c1-6-8(4-3-5-12)9(19-10(13)14)17-11(15-6)16-7(2)18/h3-4H2,1-2H3,(H3,13,14)(H,15,16,17,18). The molecule has 1 rings (SSSR count). The molecule has 1 aromatic rings. The molecule has 19 heavy (non-hydrogen) atoms. The zero-order valence-corrected chi connectivity index (χ0v) is 11.5. The van der Waals surface area contributed by atoms with E-state index in [0.29, 0.717) is 23.6 Å². The van der Waals surface area contributed by atoms with Crippen LogP contribution in [0.25, 0.3) is 0 Å². The Hall–Kier alpha value is -2.14. The van der Waals surface area contributed by atoms with Gasteiger partial charge in [-0.1, -0.05) is 0 Å². The molecule has 0 spiro atoms. The van der Waals surface area contributed by atoms with Crippen LogP contribution in [0.1, 0.15) is 24.6 Å². The molecule has 0 aliphatic carbocycles. The van der Waals surface area contributed by atoms with Crippen molar-refractivity contribution >= 4 is 28.8 Å². The third-order valence-corrected chi connectivity index (χ3v) is 2.91. The highest BCUT2D eigenvalue weighted by atomic mass is 32.2. The first-order valence-electron chi connectivity index (χ1n) is 5.48. The van der Waals surface area contributed by atoms with Crippen LogP contribution in [0, 0.1) is 23.7 Å². The summed E-state index contributed by atoms with van der Waals surface area (Å²) in [5.74, 6) is -0.0996. The fourth-order valence-corrected chi connectivity index (χ4v) is 2.15. The molecule has 1 aromatic heterocycles. The summed E-state index contributed by atoms with van der Waals surface area (Å²) in [7, 11) is 0. The number of nitrogens with zero attached hydrogens (tertiary/aromatic N) is 3. The predicted molar refractivity (Wildman–Crippen MR) is 72.8 cm³/mol. The summed E-state index contributed by atoms with van der Waals surface area (Å²) in [6.07, 6.45) is 0.813. The number of carbonyl (C=O) groups is 1. The first-order chi connectivity index (χ1) is 8.93. The van der Waals surface area contributed by atoms with Gasteiger partial charge in [0.15, 0.2) is 5.17 Å². The third-order valence-electron chi connectivity index (χ3n) is 2.16. The number of aryl methyl sites for hydroxylation is 1. The number of amidine groups is 1. The number of amides is 1. The normalized spacial score (nSPS) is 9.74. The molecule has 0 fully saturated rings. The van der Waals surface area contributed by atoms with Crippen LogP contribution in [0.15, 0.2) is 5.03 Å². The molecule has 0 saturated carbocycles. The maximum absolute atomic E-state index is 11.0. The summed E-state index contributed by atoms with van der Waals surface area (Å²) < 4.78 is 0. The fourth-order valence-electron chi connectivity index (χ4n) is 1.44. The predicted octanol–water partition coefficient (Wildman–Crippen LogP) is 1.19. The number of hydrogen-bond donors (Lipinski definition) is 3. The first kappa shape index (κ1) is 14.9. The van der Waals surface area contributed by atoms with Gasteiger partial charge in [0.25, 0.3) is 0 Å². The molecule has 0 saturated heterocycles. The van der Waals surface area contributed by atoms with Crippen molar-refractivity contribution < 1.29 is 4.79 Å². The number of nitrogens with two attached hydrogens (primary N) is 1. The van der Waals surface area contributed by atoms with Crippen LogP contribution in [-0.4, -0.2) is 21.0 Å². The van der Waals surface area contributed by atoms with Crippen molar-refractivity contribution in [3.63, 3.8) is 0 Å². The van der Waals surface area contributed by atoms with Crippen LogP contribution in [0.4, 0.5) is 5.95 Å². The summed E-state index contributed by atoms with van der Waals surface area (Å²) in [4.78, 5) is 19.3. The van der Waals surface area contributed by atoms with E-state index in [1.54, 1.807) is 6.92 Å². The second-order valence-electron chi connectivity index (χ2n) is 3.72. The van der Waals surface area contributed by atoms with Crippen molar-refractivity contribution in [2.24, 2.45) is 5.73 Å². The smallest absolute Gasteiger partial charge is 0.230 e. The Balaban J connectivity index is 3.17. The molecule has 8 heteroatoms. The van der Waals surface area contributed by atoms with Gasteiger partial charge < -0.3 is 5.73 Å². The van der Waals surface area contributed by atoms with Gasteiger partial charge in [0.2, 0.25) is 11.9 Å². The van der Waals surface area contributed by atoms with Gasteiger partial charge in [-0.25, -0.2) is 9.97 Å². The number of nitrogens with one attached hydrogen (secondary N) is 2. The van der Waals surface area contributed by atoms with E-state index in [4.69, 9.17) is 16.4 Å². The second kappa shape index (κ2) is 6.70. The zero-order chi connectivity index (χ0) is 14.4. The lowest BCUT2D eigenvalue weighted by atomic mass is 10.1. The van der Waals surface area contributed by atoms with Crippen LogP contribution in [0.3, 0.4) is 0 Å². The molecule has 0 atom stereocenters. The Labute approximate surface area is 115 Å². The molecule has 7 nitrogen and oxygen atoms in total. The molecule has 0 unspecified atom stereocenters. The van der Waals surface area contributed by atoms with E-state index >= 15 is 0 Å². The summed E-state index contributed by atoms with van der Waals surface area (Å²) in [6.45, 7) is 3.13. The number of anilines is 1. The number of thioether (sulfide) groups is 1. The van der Waals surface area contributed by atoms with E-state index in [2.05, 4.69) is 21.4 Å². The highest BCUT2D eigenvalue weighted by Gasteiger charge is 2.14. The topological polar surface area (TPSA) is 129 Å². The summed E-state index contributed by atoms with van der Waals surface area (Å²) in [5, 5.41) is 18.8. The first-order valence-corrected chi connectivity index (χ1v) is 6.29. The van der Waals surface area contributed by atoms with E-state index in [1.165, 1.54) is 6.92 Å². The molecule has 0 radical (unpaired) electrons. The third kappa shape index (κ3) is 4.56. The molecule has 0 aliphatic rings. The average Bonchev–Trinajstić information content (AvgIpc) is 2.26. The Kier molecular flexibility index (Phi) is 5.26. The van der Waals surface area contributed by atoms with Gasteiger partial charge in [0.05, 0.1) is 6.07 Å². The Bertz CT molecular complexity index is 551. The van der Waals surface area contributed by atoms with Gasteiger partial charge in [-0.05, 0) is 25.1 Å². The van der Waals surface area contributed by atoms with Crippen LogP contribution in [0.2, 0.25) is 0 Å². The van der Waals surface area contributed by atoms with Crippen molar-refractivity contribution in [2.75, 3.05) is 5.32 Å². The van der Waals surface area contributed by atoms with Gasteiger partial charge in [-0.3, -0.25) is 15.5 Å². The molecule has 1 heterocycles. The summed E-state index contributed by atoms with van der Waals surface area (Å²) in [5.41, 5.74) is 6.80. The lowest BCUT2D eigenvalue weighted by molar-refractivity contribution is -0.114. The molecule has 0 aliphatic heterocycles. The minimum atomic E-state index is -0.275. The van der Waals surface area contributed by atoms with Gasteiger partial charge >= 0.3 is 0 Å². The van der Waals surface area contributed by atoms with Gasteiger partial charge in [0.1, 0.15) is 5.03 Å². The number of hydrogen-bond acceptors (Lipinski definition) is 6. The van der Waals surface area contributed by atoms with E-state index in [0.717, 1.165) is 17.3 Å². The van der Waals surface area contributed by atoms with E-state index < -0.39 is 0 Å². The quantitative estimate of drug-likeness (QED) is 0.328. The van der Waals surface area contributed by atoms with Crippen LogP contribution in [0.5, 0.6) is 0 Å². The number of nitriles is 1. The molecule has 0 aromatic carbocycles. The van der Waals surface area contributed by atoms with Crippen molar-refractivity contribution in [3.05, 3.63) is 11.3 Å². The van der Waals surface area contributed by atoms with E-state index in [1.807, 2.05) is 0 Å². The Morgan fingerprint density at radius 1 is 1.58 bits per heavy atom.